The van der Waals surface area contributed by atoms with Crippen LogP contribution in [0.5, 0.6) is 0 Å². The maximum atomic E-state index is 5.89. The number of thiol groups is 1. The molecule has 0 amide bonds. The van der Waals surface area contributed by atoms with Gasteiger partial charge in [0, 0.05) is 20.8 Å². The molecule has 0 bridgehead atoms. The highest BCUT2D eigenvalue weighted by Gasteiger charge is 2.09. The van der Waals surface area contributed by atoms with E-state index in [0.717, 1.165) is 32.1 Å². The summed E-state index contributed by atoms with van der Waals surface area (Å²) in [5.41, 5.74) is 3.23. The van der Waals surface area contributed by atoms with Crippen molar-refractivity contribution in [1.82, 2.24) is 4.98 Å². The standard InChI is InChI=1S/C14H10ClNS/c15-10-7-5-9(6-8-10)13-14(17)11-3-1-2-4-12(11)16-13/h1-8,16-17H. The van der Waals surface area contributed by atoms with Crippen molar-refractivity contribution < 1.29 is 0 Å². The first-order valence-electron chi connectivity index (χ1n) is 5.31. The molecule has 0 atom stereocenters. The maximum Gasteiger partial charge on any atom is 0.0600 e. The van der Waals surface area contributed by atoms with E-state index in [4.69, 9.17) is 11.6 Å². The average molecular weight is 260 g/mol. The molecule has 0 unspecified atom stereocenters. The Hall–Kier alpha value is -1.38. The van der Waals surface area contributed by atoms with Crippen LogP contribution in [0.3, 0.4) is 0 Å². The number of halogens is 1. The number of para-hydroxylation sites is 1. The summed E-state index contributed by atoms with van der Waals surface area (Å²) in [7, 11) is 0. The molecule has 84 valence electrons. The summed E-state index contributed by atoms with van der Waals surface area (Å²) in [6.07, 6.45) is 0. The first-order chi connectivity index (χ1) is 8.25. The second kappa shape index (κ2) is 4.13. The van der Waals surface area contributed by atoms with E-state index in [-0.39, 0.29) is 0 Å². The van der Waals surface area contributed by atoms with Gasteiger partial charge in [0.2, 0.25) is 0 Å². The fourth-order valence-electron chi connectivity index (χ4n) is 1.95. The topological polar surface area (TPSA) is 15.8 Å². The highest BCUT2D eigenvalue weighted by Crippen LogP contribution is 2.33. The molecular weight excluding hydrogens is 250 g/mol. The van der Waals surface area contributed by atoms with Gasteiger partial charge in [-0.05, 0) is 23.8 Å². The molecule has 0 fully saturated rings. The number of nitrogens with one attached hydrogen (secondary N) is 1. The van der Waals surface area contributed by atoms with E-state index < -0.39 is 0 Å². The molecule has 3 rings (SSSR count). The van der Waals surface area contributed by atoms with E-state index in [1.54, 1.807) is 0 Å². The quantitative estimate of drug-likeness (QED) is 0.585. The van der Waals surface area contributed by atoms with Crippen LogP contribution in [0.2, 0.25) is 5.02 Å². The van der Waals surface area contributed by atoms with Crippen molar-refractivity contribution in [3.05, 3.63) is 53.6 Å². The number of aromatic nitrogens is 1. The maximum absolute atomic E-state index is 5.89. The Balaban J connectivity index is 2.24. The third kappa shape index (κ3) is 1.84. The predicted octanol–water partition coefficient (Wildman–Crippen LogP) is 4.78. The molecule has 0 saturated heterocycles. The lowest BCUT2D eigenvalue weighted by atomic mass is 10.1. The fraction of sp³-hybridized carbons (Fsp3) is 0. The van der Waals surface area contributed by atoms with Crippen molar-refractivity contribution in [2.75, 3.05) is 0 Å². The van der Waals surface area contributed by atoms with Gasteiger partial charge in [0.15, 0.2) is 0 Å². The van der Waals surface area contributed by atoms with Crippen molar-refractivity contribution in [3.8, 4) is 11.3 Å². The van der Waals surface area contributed by atoms with E-state index in [1.807, 2.05) is 36.4 Å². The Bertz CT molecular complexity index is 670. The van der Waals surface area contributed by atoms with E-state index in [9.17, 15) is 0 Å². The molecule has 2 aromatic carbocycles. The first-order valence-corrected chi connectivity index (χ1v) is 6.14. The fourth-order valence-corrected chi connectivity index (χ4v) is 2.46. The van der Waals surface area contributed by atoms with E-state index in [0.29, 0.717) is 0 Å². The molecular formula is C14H10ClNS. The van der Waals surface area contributed by atoms with Crippen LogP contribution in [0.15, 0.2) is 53.4 Å². The van der Waals surface area contributed by atoms with Gasteiger partial charge in [0.1, 0.15) is 0 Å². The lowest BCUT2D eigenvalue weighted by Gasteiger charge is -1.99. The van der Waals surface area contributed by atoms with Crippen LogP contribution in [0.1, 0.15) is 0 Å². The van der Waals surface area contributed by atoms with Gasteiger partial charge in [-0.1, -0.05) is 41.9 Å². The highest BCUT2D eigenvalue weighted by atomic mass is 35.5. The van der Waals surface area contributed by atoms with Crippen LogP contribution in [0.25, 0.3) is 22.2 Å². The van der Waals surface area contributed by atoms with Crippen LogP contribution in [0, 0.1) is 0 Å². The van der Waals surface area contributed by atoms with Crippen molar-refractivity contribution in [2.45, 2.75) is 4.90 Å². The molecule has 3 heteroatoms. The Morgan fingerprint density at radius 1 is 0.941 bits per heavy atom. The lowest BCUT2D eigenvalue weighted by molar-refractivity contribution is 1.40. The molecule has 3 aromatic rings. The molecule has 1 nitrogen and oxygen atoms in total. The Kier molecular flexibility index (Phi) is 2.61. The summed E-state index contributed by atoms with van der Waals surface area (Å²) >= 11 is 10.5. The number of hydrogen-bond donors (Lipinski definition) is 2. The van der Waals surface area contributed by atoms with E-state index >= 15 is 0 Å². The summed E-state index contributed by atoms with van der Waals surface area (Å²) in [6, 6.07) is 15.9. The van der Waals surface area contributed by atoms with Gasteiger partial charge >= 0.3 is 0 Å². The number of hydrogen-bond acceptors (Lipinski definition) is 1. The zero-order valence-electron chi connectivity index (χ0n) is 8.94. The molecule has 1 heterocycles. The van der Waals surface area contributed by atoms with Crippen molar-refractivity contribution in [1.29, 1.82) is 0 Å². The normalized spacial score (nSPS) is 10.9. The minimum Gasteiger partial charge on any atom is -0.354 e. The Morgan fingerprint density at radius 3 is 2.35 bits per heavy atom. The average Bonchev–Trinajstić information content (AvgIpc) is 2.69. The third-order valence-corrected chi connectivity index (χ3v) is 3.53. The monoisotopic (exact) mass is 259 g/mol. The summed E-state index contributed by atoms with van der Waals surface area (Å²) in [4.78, 5) is 4.36. The van der Waals surface area contributed by atoms with Crippen molar-refractivity contribution in [2.24, 2.45) is 0 Å². The van der Waals surface area contributed by atoms with Gasteiger partial charge in [-0.2, -0.15) is 0 Å². The lowest BCUT2D eigenvalue weighted by Crippen LogP contribution is -1.77. The zero-order valence-corrected chi connectivity index (χ0v) is 10.6. The Morgan fingerprint density at radius 2 is 1.65 bits per heavy atom. The molecule has 0 aliphatic carbocycles. The SMILES string of the molecule is Sc1c(-c2ccc(Cl)cc2)[nH]c2ccccc12. The van der Waals surface area contributed by atoms with Crippen LogP contribution in [-0.4, -0.2) is 4.98 Å². The molecule has 0 spiro atoms. The van der Waals surface area contributed by atoms with Crippen molar-refractivity contribution in [3.63, 3.8) is 0 Å². The van der Waals surface area contributed by atoms with Crippen LogP contribution < -0.4 is 0 Å². The van der Waals surface area contributed by atoms with E-state index in [2.05, 4.69) is 29.7 Å². The van der Waals surface area contributed by atoms with Gasteiger partial charge in [0.25, 0.3) is 0 Å². The molecule has 0 aliphatic heterocycles. The number of H-pyrrole nitrogens is 1. The van der Waals surface area contributed by atoms with Gasteiger partial charge in [-0.25, -0.2) is 0 Å². The summed E-state index contributed by atoms with van der Waals surface area (Å²) in [5.74, 6) is 0. The second-order valence-electron chi connectivity index (χ2n) is 3.90. The molecule has 1 aromatic heterocycles. The van der Waals surface area contributed by atoms with Crippen LogP contribution in [0.4, 0.5) is 0 Å². The highest BCUT2D eigenvalue weighted by molar-refractivity contribution is 7.80. The summed E-state index contributed by atoms with van der Waals surface area (Å²) < 4.78 is 0. The zero-order chi connectivity index (χ0) is 11.8. The number of aromatic amines is 1. The second-order valence-corrected chi connectivity index (χ2v) is 4.78. The van der Waals surface area contributed by atoms with Gasteiger partial charge in [0.05, 0.1) is 5.69 Å². The van der Waals surface area contributed by atoms with Gasteiger partial charge in [-0.3, -0.25) is 0 Å². The Labute approximate surface area is 110 Å². The van der Waals surface area contributed by atoms with Gasteiger partial charge < -0.3 is 4.98 Å². The molecule has 0 saturated carbocycles. The van der Waals surface area contributed by atoms with Crippen molar-refractivity contribution >= 4 is 35.1 Å². The van der Waals surface area contributed by atoms with Gasteiger partial charge in [-0.15, -0.1) is 12.6 Å². The molecule has 0 radical (unpaired) electrons. The third-order valence-electron chi connectivity index (χ3n) is 2.81. The number of benzene rings is 2. The summed E-state index contributed by atoms with van der Waals surface area (Å²) in [5, 5.41) is 1.88. The molecule has 0 aliphatic rings. The largest absolute Gasteiger partial charge is 0.354 e. The summed E-state index contributed by atoms with van der Waals surface area (Å²) in [6.45, 7) is 0. The minimum atomic E-state index is 0.741. The number of fused-ring (bicyclic) bond motifs is 1. The van der Waals surface area contributed by atoms with Crippen LogP contribution in [-0.2, 0) is 0 Å². The van der Waals surface area contributed by atoms with E-state index in [1.165, 1.54) is 0 Å². The smallest absolute Gasteiger partial charge is 0.0600 e. The first kappa shape index (κ1) is 10.8. The van der Waals surface area contributed by atoms with Crippen LogP contribution >= 0.6 is 24.2 Å². The number of rotatable bonds is 1. The minimum absolute atomic E-state index is 0.741. The molecule has 17 heavy (non-hydrogen) atoms. The predicted molar refractivity (Wildman–Crippen MR) is 76.0 cm³/mol. The molecule has 1 N–H and O–H groups in total.